The van der Waals surface area contributed by atoms with E-state index in [-0.39, 0.29) is 5.91 Å². The van der Waals surface area contributed by atoms with Gasteiger partial charge in [-0.2, -0.15) is 0 Å². The van der Waals surface area contributed by atoms with Crippen LogP contribution in [-0.2, 0) is 0 Å². The van der Waals surface area contributed by atoms with E-state index in [1.165, 1.54) is 19.4 Å². The average Bonchev–Trinajstić information content (AvgIpc) is 3.19. The summed E-state index contributed by atoms with van der Waals surface area (Å²) in [5, 5.41) is 0. The number of carbonyl (C=O) groups excluding carboxylic acids is 1. The third kappa shape index (κ3) is 2.70. The molecule has 0 radical (unpaired) electrons. The van der Waals surface area contributed by atoms with Crippen LogP contribution in [0.2, 0.25) is 0 Å². The maximum Gasteiger partial charge on any atom is 0.254 e. The summed E-state index contributed by atoms with van der Waals surface area (Å²) in [5.74, 6) is 2.81. The molecule has 2 bridgehead atoms. The van der Waals surface area contributed by atoms with E-state index in [1.54, 1.807) is 4.90 Å². The molecule has 1 saturated carbocycles. The Balaban J connectivity index is 1.29. The maximum absolute atomic E-state index is 12.5. The highest BCUT2D eigenvalue weighted by Gasteiger charge is 2.38. The first-order valence-corrected chi connectivity index (χ1v) is 8.66. The molecule has 0 spiro atoms. The number of quaternary nitrogens is 1. The maximum atomic E-state index is 12.5. The van der Waals surface area contributed by atoms with Crippen molar-refractivity contribution in [1.29, 1.82) is 0 Å². The Hall–Kier alpha value is -1.61. The Morgan fingerprint density at radius 3 is 2.50 bits per heavy atom. The van der Waals surface area contributed by atoms with Crippen molar-refractivity contribution >= 4 is 5.91 Å². The van der Waals surface area contributed by atoms with Crippen LogP contribution in [-0.4, -0.2) is 43.5 Å². The van der Waals surface area contributed by atoms with E-state index in [2.05, 4.69) is 12.2 Å². The molecule has 2 fully saturated rings. The van der Waals surface area contributed by atoms with Crippen LogP contribution in [0.15, 0.2) is 42.5 Å². The average molecular weight is 297 g/mol. The molecule has 1 heterocycles. The quantitative estimate of drug-likeness (QED) is 0.834. The zero-order chi connectivity index (χ0) is 14.9. The number of amides is 1. The number of hydrogen-bond acceptors (Lipinski definition) is 1. The summed E-state index contributed by atoms with van der Waals surface area (Å²) >= 11 is 0. The summed E-state index contributed by atoms with van der Waals surface area (Å²) in [6.45, 7) is 5.32. The number of rotatable bonds is 3. The van der Waals surface area contributed by atoms with Crippen LogP contribution in [0.5, 0.6) is 0 Å². The van der Waals surface area contributed by atoms with E-state index in [0.29, 0.717) is 0 Å². The van der Waals surface area contributed by atoms with Crippen LogP contribution in [0.4, 0.5) is 0 Å². The molecule has 3 atom stereocenters. The van der Waals surface area contributed by atoms with Gasteiger partial charge in [-0.15, -0.1) is 0 Å². The Labute approximate surface area is 132 Å². The summed E-state index contributed by atoms with van der Waals surface area (Å²) in [7, 11) is 0. The highest BCUT2D eigenvalue weighted by atomic mass is 16.2. The molecule has 2 aliphatic carbocycles. The molecule has 3 nitrogen and oxygen atoms in total. The molecule has 3 aliphatic rings. The first-order chi connectivity index (χ1) is 10.8. The van der Waals surface area contributed by atoms with Crippen molar-refractivity contribution in [2.24, 2.45) is 17.8 Å². The first kappa shape index (κ1) is 14.0. The van der Waals surface area contributed by atoms with Gasteiger partial charge < -0.3 is 9.80 Å². The van der Waals surface area contributed by atoms with Gasteiger partial charge >= 0.3 is 0 Å². The number of hydrogen-bond donors (Lipinski definition) is 1. The molecule has 1 aromatic carbocycles. The van der Waals surface area contributed by atoms with E-state index in [1.807, 2.05) is 35.2 Å². The van der Waals surface area contributed by atoms with Gasteiger partial charge in [-0.1, -0.05) is 30.4 Å². The van der Waals surface area contributed by atoms with Crippen LogP contribution < -0.4 is 4.90 Å². The van der Waals surface area contributed by atoms with E-state index in [4.69, 9.17) is 0 Å². The Morgan fingerprint density at radius 1 is 1.09 bits per heavy atom. The van der Waals surface area contributed by atoms with E-state index in [9.17, 15) is 4.79 Å². The fourth-order valence-electron chi connectivity index (χ4n) is 4.49. The van der Waals surface area contributed by atoms with Gasteiger partial charge in [0, 0.05) is 11.5 Å². The van der Waals surface area contributed by atoms with Gasteiger partial charge in [0.05, 0.1) is 32.7 Å². The lowest BCUT2D eigenvalue weighted by molar-refractivity contribution is -0.907. The number of piperazine rings is 1. The lowest BCUT2D eigenvalue weighted by Crippen LogP contribution is -3.15. The summed E-state index contributed by atoms with van der Waals surface area (Å²) in [6.07, 6.45) is 7.67. The number of carbonyl (C=O) groups is 1. The van der Waals surface area contributed by atoms with Gasteiger partial charge in [0.2, 0.25) is 0 Å². The highest BCUT2D eigenvalue weighted by Crippen LogP contribution is 2.42. The molecular formula is C19H25N2O+. The standard InChI is InChI=1S/C19H24N2O/c22-19(16-4-2-1-3-5-16)21-10-8-20(9-11-21)14-18-13-15-6-7-17(18)12-15/h1-7,15,17-18H,8-14H2/p+1/t15-,17+,18-/m1/s1. The van der Waals surface area contributed by atoms with E-state index >= 15 is 0 Å². The van der Waals surface area contributed by atoms with Crippen LogP contribution in [0.3, 0.4) is 0 Å². The van der Waals surface area contributed by atoms with Crippen molar-refractivity contribution in [3.05, 3.63) is 48.0 Å². The van der Waals surface area contributed by atoms with Crippen LogP contribution in [0.25, 0.3) is 0 Å². The molecule has 4 rings (SSSR count). The minimum atomic E-state index is 0.197. The van der Waals surface area contributed by atoms with Crippen molar-refractivity contribution in [2.75, 3.05) is 32.7 Å². The summed E-state index contributed by atoms with van der Waals surface area (Å²) in [4.78, 5) is 16.2. The fraction of sp³-hybridized carbons (Fsp3) is 0.526. The summed E-state index contributed by atoms with van der Waals surface area (Å²) in [6, 6.07) is 9.68. The number of benzene rings is 1. The van der Waals surface area contributed by atoms with Gasteiger partial charge in [-0.25, -0.2) is 0 Å². The third-order valence-electron chi connectivity index (χ3n) is 5.75. The zero-order valence-corrected chi connectivity index (χ0v) is 13.1. The second-order valence-corrected chi connectivity index (χ2v) is 7.15. The van der Waals surface area contributed by atoms with Crippen molar-refractivity contribution in [1.82, 2.24) is 4.90 Å². The predicted octanol–water partition coefficient (Wildman–Crippen LogP) is 1.24. The molecule has 22 heavy (non-hydrogen) atoms. The predicted molar refractivity (Wildman–Crippen MR) is 86.8 cm³/mol. The third-order valence-corrected chi connectivity index (χ3v) is 5.75. The largest absolute Gasteiger partial charge is 0.332 e. The number of nitrogens with zero attached hydrogens (tertiary/aromatic N) is 1. The van der Waals surface area contributed by atoms with E-state index in [0.717, 1.165) is 49.5 Å². The molecule has 116 valence electrons. The van der Waals surface area contributed by atoms with Gasteiger partial charge in [-0.3, -0.25) is 4.79 Å². The van der Waals surface area contributed by atoms with Crippen LogP contribution in [0, 0.1) is 17.8 Å². The molecule has 1 saturated heterocycles. The van der Waals surface area contributed by atoms with Gasteiger partial charge in [-0.05, 0) is 36.8 Å². The van der Waals surface area contributed by atoms with Gasteiger partial charge in [0.25, 0.3) is 5.91 Å². The lowest BCUT2D eigenvalue weighted by atomic mass is 9.93. The number of nitrogens with one attached hydrogen (secondary N) is 1. The van der Waals surface area contributed by atoms with E-state index < -0.39 is 0 Å². The van der Waals surface area contributed by atoms with Crippen LogP contribution >= 0.6 is 0 Å². The first-order valence-electron chi connectivity index (χ1n) is 8.66. The Kier molecular flexibility index (Phi) is 3.75. The second-order valence-electron chi connectivity index (χ2n) is 7.15. The SMILES string of the molecule is O=C(c1ccccc1)N1CC[NH+](C[C@H]2C[C@@H]3C=C[C@H]2C3)CC1. The second kappa shape index (κ2) is 5.88. The zero-order valence-electron chi connectivity index (χ0n) is 13.1. The molecule has 1 aromatic rings. The molecule has 1 N–H and O–H groups in total. The normalized spacial score (nSPS) is 30.9. The minimum Gasteiger partial charge on any atom is -0.332 e. The highest BCUT2D eigenvalue weighted by molar-refractivity contribution is 5.94. The molecule has 0 aromatic heterocycles. The summed E-state index contributed by atoms with van der Waals surface area (Å²) < 4.78 is 0. The monoisotopic (exact) mass is 297 g/mol. The lowest BCUT2D eigenvalue weighted by Gasteiger charge is -2.34. The van der Waals surface area contributed by atoms with Crippen molar-refractivity contribution in [3.63, 3.8) is 0 Å². The number of allylic oxidation sites excluding steroid dienone is 2. The Bertz CT molecular complexity index is 560. The fourth-order valence-corrected chi connectivity index (χ4v) is 4.49. The van der Waals surface area contributed by atoms with Crippen molar-refractivity contribution in [2.45, 2.75) is 12.8 Å². The smallest absolute Gasteiger partial charge is 0.254 e. The molecular weight excluding hydrogens is 272 g/mol. The van der Waals surface area contributed by atoms with Gasteiger partial charge in [0.15, 0.2) is 0 Å². The van der Waals surface area contributed by atoms with Crippen LogP contribution in [0.1, 0.15) is 23.2 Å². The minimum absolute atomic E-state index is 0.197. The van der Waals surface area contributed by atoms with Crippen molar-refractivity contribution in [3.8, 4) is 0 Å². The molecule has 3 heteroatoms. The van der Waals surface area contributed by atoms with Gasteiger partial charge in [0.1, 0.15) is 0 Å². The summed E-state index contributed by atoms with van der Waals surface area (Å²) in [5.41, 5.74) is 0.823. The number of fused-ring (bicyclic) bond motifs is 2. The molecule has 1 aliphatic heterocycles. The topological polar surface area (TPSA) is 24.8 Å². The molecule has 0 unspecified atom stereocenters. The Morgan fingerprint density at radius 2 is 1.86 bits per heavy atom. The van der Waals surface area contributed by atoms with Crippen molar-refractivity contribution < 1.29 is 9.69 Å². The molecule has 1 amide bonds.